The van der Waals surface area contributed by atoms with Gasteiger partial charge in [-0.2, -0.15) is 0 Å². The van der Waals surface area contributed by atoms with Crippen LogP contribution in [0, 0.1) is 0 Å². The number of carbonyl (C=O) groups excluding carboxylic acids is 3. The van der Waals surface area contributed by atoms with E-state index in [2.05, 4.69) is 9.47 Å². The van der Waals surface area contributed by atoms with Crippen molar-refractivity contribution in [3.05, 3.63) is 0 Å². The van der Waals surface area contributed by atoms with Crippen LogP contribution in [-0.4, -0.2) is 40.2 Å². The lowest BCUT2D eigenvalue weighted by atomic mass is 10.2. The highest BCUT2D eigenvalue weighted by atomic mass is 16.8. The van der Waals surface area contributed by atoms with Crippen LogP contribution < -0.4 is 12.3 Å². The highest BCUT2D eigenvalue weighted by molar-refractivity contribution is 5.88. The third-order valence-corrected chi connectivity index (χ3v) is 2.44. The molecule has 0 aliphatic carbocycles. The van der Waals surface area contributed by atoms with Gasteiger partial charge in [-0.25, -0.2) is 4.79 Å². The minimum Gasteiger partial charge on any atom is -0.481 e. The number of ether oxygens (including phenoxy) is 2. The van der Waals surface area contributed by atoms with E-state index >= 15 is 0 Å². The molecule has 8 N–H and O–H groups in total. The van der Waals surface area contributed by atoms with Gasteiger partial charge in [0.25, 0.3) is 0 Å². The lowest BCUT2D eigenvalue weighted by Gasteiger charge is -2.03. The number of aliphatic carboxylic acids is 2. The zero-order valence-corrected chi connectivity index (χ0v) is 13.3. The van der Waals surface area contributed by atoms with Crippen molar-refractivity contribution in [3.8, 4) is 0 Å². The van der Waals surface area contributed by atoms with Crippen molar-refractivity contribution in [2.45, 2.75) is 51.4 Å². The van der Waals surface area contributed by atoms with Gasteiger partial charge in [-0.05, 0) is 25.7 Å². The summed E-state index contributed by atoms with van der Waals surface area (Å²) < 4.78 is 8.42. The molecular formula is C13H24N2O9. The first-order chi connectivity index (χ1) is 10.3. The lowest BCUT2D eigenvalue weighted by molar-refractivity contribution is -0.147. The molecule has 0 aliphatic heterocycles. The summed E-state index contributed by atoms with van der Waals surface area (Å²) in [5, 5.41) is 16.8. The summed E-state index contributed by atoms with van der Waals surface area (Å²) in [6.07, 6.45) is -0.928. The predicted octanol–water partition coefficient (Wildman–Crippen LogP) is 1.81. The molecule has 0 aliphatic rings. The van der Waals surface area contributed by atoms with Crippen molar-refractivity contribution in [1.82, 2.24) is 12.3 Å². The van der Waals surface area contributed by atoms with Crippen molar-refractivity contribution in [1.29, 1.82) is 0 Å². The quantitative estimate of drug-likeness (QED) is 0.252. The van der Waals surface area contributed by atoms with E-state index in [-0.39, 0.29) is 63.7 Å². The molecule has 11 heteroatoms. The number of hydrogen-bond donors (Lipinski definition) is 4. The fraction of sp³-hybridized carbons (Fsp3) is 0.615. The Balaban J connectivity index is -0.00000220. The average Bonchev–Trinajstić information content (AvgIpc) is 2.39. The van der Waals surface area contributed by atoms with Gasteiger partial charge in [-0.3, -0.25) is 19.2 Å². The Kier molecular flexibility index (Phi) is 16.9. The van der Waals surface area contributed by atoms with Crippen LogP contribution >= 0.6 is 0 Å². The Morgan fingerprint density at radius 1 is 0.583 bits per heavy atom. The zero-order chi connectivity index (χ0) is 17.0. The number of carboxylic acid groups (broad SMARTS) is 2. The van der Waals surface area contributed by atoms with Crippen molar-refractivity contribution in [3.63, 3.8) is 0 Å². The maximum atomic E-state index is 11.2. The second-order valence-electron chi connectivity index (χ2n) is 4.40. The van der Waals surface area contributed by atoms with Crippen LogP contribution in [0.3, 0.4) is 0 Å². The molecule has 0 saturated carbocycles. The number of carbonyl (C=O) groups is 5. The number of unbranched alkanes of at least 4 members (excludes halogenated alkanes) is 2. The highest BCUT2D eigenvalue weighted by Gasteiger charge is 2.16. The van der Waals surface area contributed by atoms with E-state index in [0.717, 1.165) is 0 Å². The van der Waals surface area contributed by atoms with Crippen molar-refractivity contribution in [2.75, 3.05) is 0 Å². The summed E-state index contributed by atoms with van der Waals surface area (Å²) in [5.74, 6) is -3.79. The van der Waals surface area contributed by atoms with E-state index < -0.39 is 30.0 Å². The SMILES string of the molecule is N.N.O=C(O)CCCCC(=O)OC(=O)OC(=O)CCCCC(=O)O. The Morgan fingerprint density at radius 3 is 1.17 bits per heavy atom. The summed E-state index contributed by atoms with van der Waals surface area (Å²) in [5.41, 5.74) is 0. The van der Waals surface area contributed by atoms with Crippen molar-refractivity contribution < 1.29 is 43.7 Å². The van der Waals surface area contributed by atoms with Gasteiger partial charge in [0.1, 0.15) is 0 Å². The third kappa shape index (κ3) is 17.5. The Morgan fingerprint density at radius 2 is 0.875 bits per heavy atom. The first kappa shape index (κ1) is 26.4. The summed E-state index contributed by atoms with van der Waals surface area (Å²) in [6.45, 7) is 0. The minimum absolute atomic E-state index is 0. The fourth-order valence-corrected chi connectivity index (χ4v) is 1.40. The van der Waals surface area contributed by atoms with Crippen LogP contribution in [0.4, 0.5) is 4.79 Å². The molecule has 0 saturated heterocycles. The molecule has 0 heterocycles. The number of esters is 2. The molecule has 24 heavy (non-hydrogen) atoms. The Bertz CT molecular complexity index is 399. The summed E-state index contributed by atoms with van der Waals surface area (Å²) in [7, 11) is 0. The molecule has 0 amide bonds. The summed E-state index contributed by atoms with van der Waals surface area (Å²) in [6, 6.07) is 0. The molecule has 0 unspecified atom stereocenters. The summed E-state index contributed by atoms with van der Waals surface area (Å²) >= 11 is 0. The molecule has 0 bridgehead atoms. The smallest absolute Gasteiger partial charge is 0.481 e. The molecule has 0 atom stereocenters. The first-order valence-electron chi connectivity index (χ1n) is 6.70. The molecule has 0 rings (SSSR count). The average molecular weight is 352 g/mol. The Hall–Kier alpha value is -2.53. The first-order valence-corrected chi connectivity index (χ1v) is 6.70. The molecule has 0 radical (unpaired) electrons. The van der Waals surface area contributed by atoms with E-state index in [9.17, 15) is 24.0 Å². The number of hydrogen-bond acceptors (Lipinski definition) is 9. The van der Waals surface area contributed by atoms with Crippen LogP contribution in [-0.2, 0) is 28.7 Å². The standard InChI is InChI=1S/C13H18O9.2H3N/c14-9(15)5-1-3-7-11(18)21-13(20)22-12(19)8-4-2-6-10(16)17;;/h1-8H2,(H,14,15)(H,16,17);2*1H3. The maximum Gasteiger partial charge on any atom is 0.524 e. The normalized spacial score (nSPS) is 9.00. The molecule has 0 fully saturated rings. The number of carboxylic acids is 2. The maximum absolute atomic E-state index is 11.2. The van der Waals surface area contributed by atoms with E-state index in [1.54, 1.807) is 0 Å². The molecule has 11 nitrogen and oxygen atoms in total. The molecule has 0 aromatic carbocycles. The van der Waals surface area contributed by atoms with Crippen LogP contribution in [0.2, 0.25) is 0 Å². The summed E-state index contributed by atoms with van der Waals surface area (Å²) in [4.78, 5) is 53.9. The van der Waals surface area contributed by atoms with E-state index in [1.165, 1.54) is 0 Å². The van der Waals surface area contributed by atoms with Crippen LogP contribution in [0.15, 0.2) is 0 Å². The van der Waals surface area contributed by atoms with Gasteiger partial charge in [0.05, 0.1) is 0 Å². The minimum atomic E-state index is -1.44. The fourth-order valence-electron chi connectivity index (χ4n) is 1.40. The zero-order valence-electron chi connectivity index (χ0n) is 13.3. The van der Waals surface area contributed by atoms with E-state index in [1.807, 2.05) is 0 Å². The van der Waals surface area contributed by atoms with Gasteiger partial charge < -0.3 is 32.0 Å². The van der Waals surface area contributed by atoms with Crippen molar-refractivity contribution in [2.24, 2.45) is 0 Å². The van der Waals surface area contributed by atoms with Gasteiger partial charge in [0.2, 0.25) is 0 Å². The predicted molar refractivity (Wildman–Crippen MR) is 79.8 cm³/mol. The second kappa shape index (κ2) is 15.4. The molecule has 0 aromatic heterocycles. The number of rotatable bonds is 10. The van der Waals surface area contributed by atoms with Crippen molar-refractivity contribution >= 4 is 30.0 Å². The van der Waals surface area contributed by atoms with Crippen LogP contribution in [0.25, 0.3) is 0 Å². The monoisotopic (exact) mass is 352 g/mol. The third-order valence-electron chi connectivity index (χ3n) is 2.44. The second-order valence-corrected chi connectivity index (χ2v) is 4.40. The highest BCUT2D eigenvalue weighted by Crippen LogP contribution is 2.04. The molecule has 0 aromatic rings. The molecular weight excluding hydrogens is 328 g/mol. The van der Waals surface area contributed by atoms with Gasteiger partial charge in [-0.15, -0.1) is 0 Å². The topological polar surface area (TPSA) is 214 Å². The van der Waals surface area contributed by atoms with Crippen LogP contribution in [0.1, 0.15) is 51.4 Å². The van der Waals surface area contributed by atoms with Gasteiger partial charge in [-0.1, -0.05) is 0 Å². The van der Waals surface area contributed by atoms with Gasteiger partial charge in [0.15, 0.2) is 0 Å². The molecule has 0 spiro atoms. The lowest BCUT2D eigenvalue weighted by Crippen LogP contribution is -2.17. The van der Waals surface area contributed by atoms with Gasteiger partial charge in [0, 0.05) is 25.7 Å². The Labute approximate surface area is 138 Å². The largest absolute Gasteiger partial charge is 0.524 e. The van der Waals surface area contributed by atoms with Gasteiger partial charge >= 0.3 is 30.0 Å². The van der Waals surface area contributed by atoms with E-state index in [4.69, 9.17) is 10.2 Å². The van der Waals surface area contributed by atoms with Crippen LogP contribution in [0.5, 0.6) is 0 Å². The molecule has 140 valence electrons. The van der Waals surface area contributed by atoms with E-state index in [0.29, 0.717) is 0 Å².